The van der Waals surface area contributed by atoms with E-state index in [4.69, 9.17) is 9.47 Å². The maximum atomic E-state index is 11.6. The van der Waals surface area contributed by atoms with Gasteiger partial charge in [-0.05, 0) is 0 Å². The molecule has 0 fully saturated rings. The monoisotopic (exact) mass is 349 g/mol. The SMILES string of the molecule is COC(=O)c1ccccc1C#CC[As]C(=O)OC(C)(C)C. The van der Waals surface area contributed by atoms with Gasteiger partial charge in [0.15, 0.2) is 0 Å². The molecule has 1 aromatic carbocycles. The Kier molecular flexibility index (Phi) is 6.52. The van der Waals surface area contributed by atoms with Crippen molar-refractivity contribution < 1.29 is 19.1 Å². The van der Waals surface area contributed by atoms with Gasteiger partial charge in [0.05, 0.1) is 0 Å². The van der Waals surface area contributed by atoms with Crippen molar-refractivity contribution in [1.29, 1.82) is 0 Å². The number of methoxy groups -OCH3 is 1. The van der Waals surface area contributed by atoms with E-state index in [-0.39, 0.29) is 4.76 Å². The molecule has 1 aromatic rings. The van der Waals surface area contributed by atoms with E-state index in [1.54, 1.807) is 24.3 Å². The second kappa shape index (κ2) is 7.90. The summed E-state index contributed by atoms with van der Waals surface area (Å²) >= 11 is -0.634. The number of hydrogen-bond donors (Lipinski definition) is 0. The molecule has 0 aliphatic carbocycles. The Balaban J connectivity index is 2.64. The molecule has 1 rings (SSSR count). The van der Waals surface area contributed by atoms with E-state index in [0.29, 0.717) is 16.3 Å². The van der Waals surface area contributed by atoms with Crippen LogP contribution in [0.2, 0.25) is 5.21 Å². The summed E-state index contributed by atoms with van der Waals surface area (Å²) in [6.07, 6.45) is 0. The predicted molar refractivity (Wildman–Crippen MR) is 81.5 cm³/mol. The van der Waals surface area contributed by atoms with Crippen molar-refractivity contribution in [3.05, 3.63) is 35.4 Å². The first-order valence-electron chi connectivity index (χ1n) is 6.40. The standard InChI is InChI=1S/C16H18AsO4/c1-16(2,3)21-15(19)17-11-7-9-12-8-5-6-10-13(12)14(18)20-4/h5-6,8,10H,11H2,1-4H3. The van der Waals surface area contributed by atoms with Crippen molar-refractivity contribution in [2.75, 3.05) is 7.11 Å². The second-order valence-electron chi connectivity index (χ2n) is 5.14. The summed E-state index contributed by atoms with van der Waals surface area (Å²) in [5.74, 6) is 5.42. The molecular formula is C16H18AsO4. The number of benzene rings is 1. The Morgan fingerprint density at radius 2 is 1.90 bits per heavy atom. The van der Waals surface area contributed by atoms with Crippen molar-refractivity contribution in [3.63, 3.8) is 0 Å². The van der Waals surface area contributed by atoms with Crippen molar-refractivity contribution in [1.82, 2.24) is 0 Å². The van der Waals surface area contributed by atoms with Gasteiger partial charge in [-0.2, -0.15) is 0 Å². The van der Waals surface area contributed by atoms with Crippen LogP contribution in [-0.2, 0) is 9.47 Å². The van der Waals surface area contributed by atoms with E-state index < -0.39 is 27.3 Å². The molecule has 0 aromatic heterocycles. The zero-order chi connectivity index (χ0) is 15.9. The Hall–Kier alpha value is -1.72. The third-order valence-electron chi connectivity index (χ3n) is 2.24. The van der Waals surface area contributed by atoms with Gasteiger partial charge in [0, 0.05) is 0 Å². The fourth-order valence-corrected chi connectivity index (χ4v) is 2.73. The van der Waals surface area contributed by atoms with Crippen LogP contribution in [0.5, 0.6) is 0 Å². The fraction of sp³-hybridized carbons (Fsp3) is 0.375. The van der Waals surface area contributed by atoms with Crippen LogP contribution in [0.1, 0.15) is 36.7 Å². The van der Waals surface area contributed by atoms with Gasteiger partial charge in [-0.3, -0.25) is 0 Å². The van der Waals surface area contributed by atoms with Gasteiger partial charge in [0.25, 0.3) is 0 Å². The normalized spacial score (nSPS) is 10.9. The number of esters is 1. The van der Waals surface area contributed by atoms with Crippen molar-refractivity contribution in [2.24, 2.45) is 0 Å². The number of carbonyl (C=O) groups is 2. The van der Waals surface area contributed by atoms with Crippen LogP contribution in [0.15, 0.2) is 24.3 Å². The summed E-state index contributed by atoms with van der Waals surface area (Å²) in [4.78, 5) is 23.1. The van der Waals surface area contributed by atoms with Gasteiger partial charge < -0.3 is 0 Å². The molecule has 0 atom stereocenters. The van der Waals surface area contributed by atoms with E-state index in [0.717, 1.165) is 0 Å². The zero-order valence-corrected chi connectivity index (χ0v) is 14.5. The molecule has 0 aliphatic rings. The van der Waals surface area contributed by atoms with Crippen LogP contribution in [0.3, 0.4) is 0 Å². The summed E-state index contributed by atoms with van der Waals surface area (Å²) in [6.45, 7) is 5.51. The van der Waals surface area contributed by atoms with Crippen LogP contribution < -0.4 is 0 Å². The Labute approximate surface area is 131 Å². The summed E-state index contributed by atoms with van der Waals surface area (Å²) in [6, 6.07) is 6.97. The summed E-state index contributed by atoms with van der Waals surface area (Å²) in [5.41, 5.74) is 0.577. The first kappa shape index (κ1) is 17.3. The molecule has 0 unspecified atom stereocenters. The third kappa shape index (κ3) is 6.51. The Morgan fingerprint density at radius 3 is 2.52 bits per heavy atom. The van der Waals surface area contributed by atoms with Crippen LogP contribution >= 0.6 is 0 Å². The molecular weight excluding hydrogens is 331 g/mol. The minimum atomic E-state index is -0.634. The molecule has 21 heavy (non-hydrogen) atoms. The molecule has 0 saturated heterocycles. The van der Waals surface area contributed by atoms with Crippen molar-refractivity contribution in [3.8, 4) is 11.8 Å². The number of carbonyl (C=O) groups excluding carboxylic acids is 2. The Bertz CT molecular complexity index is 576. The topological polar surface area (TPSA) is 52.6 Å². The van der Waals surface area contributed by atoms with Gasteiger partial charge in [0.2, 0.25) is 0 Å². The van der Waals surface area contributed by atoms with Crippen LogP contribution in [0.25, 0.3) is 0 Å². The van der Waals surface area contributed by atoms with Gasteiger partial charge in [-0.25, -0.2) is 0 Å². The molecule has 0 N–H and O–H groups in total. The third-order valence-corrected chi connectivity index (χ3v) is 3.63. The van der Waals surface area contributed by atoms with Gasteiger partial charge in [0.1, 0.15) is 0 Å². The van der Waals surface area contributed by atoms with E-state index in [2.05, 4.69) is 11.8 Å². The summed E-state index contributed by atoms with van der Waals surface area (Å²) < 4.78 is 9.75. The first-order valence-corrected chi connectivity index (χ1v) is 8.66. The average molecular weight is 349 g/mol. The van der Waals surface area contributed by atoms with Crippen LogP contribution in [0, 0.1) is 11.8 Å². The molecule has 0 heterocycles. The molecule has 0 spiro atoms. The van der Waals surface area contributed by atoms with Gasteiger partial charge in [-0.15, -0.1) is 0 Å². The van der Waals surface area contributed by atoms with Crippen molar-refractivity contribution >= 4 is 26.5 Å². The van der Waals surface area contributed by atoms with E-state index in [9.17, 15) is 9.59 Å². The molecule has 0 bridgehead atoms. The van der Waals surface area contributed by atoms with Gasteiger partial charge >= 0.3 is 131 Å². The quantitative estimate of drug-likeness (QED) is 0.478. The number of ether oxygens (including phenoxy) is 2. The molecule has 1 radical (unpaired) electrons. The van der Waals surface area contributed by atoms with E-state index in [1.165, 1.54) is 7.11 Å². The molecule has 0 aliphatic heterocycles. The van der Waals surface area contributed by atoms with Crippen LogP contribution in [0.4, 0.5) is 4.79 Å². The fourth-order valence-electron chi connectivity index (χ4n) is 1.41. The molecule has 5 heteroatoms. The molecule has 0 saturated carbocycles. The van der Waals surface area contributed by atoms with Crippen molar-refractivity contribution in [2.45, 2.75) is 31.6 Å². The summed E-state index contributed by atoms with van der Waals surface area (Å²) in [7, 11) is 1.33. The molecule has 0 amide bonds. The summed E-state index contributed by atoms with van der Waals surface area (Å²) in [5, 5.41) is 0.473. The molecule has 4 nitrogen and oxygen atoms in total. The number of hydrogen-bond acceptors (Lipinski definition) is 4. The van der Waals surface area contributed by atoms with E-state index >= 15 is 0 Å². The minimum absolute atomic E-state index is 0.186. The molecule has 111 valence electrons. The average Bonchev–Trinajstić information content (AvgIpc) is 2.41. The van der Waals surface area contributed by atoms with Gasteiger partial charge in [-0.1, -0.05) is 0 Å². The predicted octanol–water partition coefficient (Wildman–Crippen LogP) is 2.88. The first-order chi connectivity index (χ1) is 9.83. The Morgan fingerprint density at radius 1 is 1.24 bits per heavy atom. The zero-order valence-electron chi connectivity index (χ0n) is 12.6. The van der Waals surface area contributed by atoms with Crippen LogP contribution in [-0.4, -0.2) is 39.2 Å². The van der Waals surface area contributed by atoms with E-state index in [1.807, 2.05) is 20.8 Å². The number of rotatable bonds is 3. The second-order valence-corrected chi connectivity index (χ2v) is 7.23. The maximum absolute atomic E-state index is 11.6.